The largest absolute Gasteiger partial charge is 0.325 e. The zero-order chi connectivity index (χ0) is 14.7. The zero-order valence-corrected chi connectivity index (χ0v) is 12.5. The van der Waals surface area contributed by atoms with Gasteiger partial charge in [-0.15, -0.1) is 0 Å². The molecular formula is C12H22N2O4S. The standard InChI is InChI=1S/C12H22N2O4S/c1-4-12(5-2)10(15)13-11(16)14(12)8-7-9-19(17,18)6-3/h4-9H2,1-3H3,(H,13,15,16). The van der Waals surface area contributed by atoms with E-state index in [1.165, 1.54) is 4.90 Å². The first-order valence-electron chi connectivity index (χ1n) is 6.66. The van der Waals surface area contributed by atoms with Gasteiger partial charge in [-0.1, -0.05) is 20.8 Å². The smallest absolute Gasteiger partial charge is 0.310 e. The summed E-state index contributed by atoms with van der Waals surface area (Å²) in [7, 11) is -3.04. The molecule has 0 atom stereocenters. The minimum Gasteiger partial charge on any atom is -0.310 e. The summed E-state index contributed by atoms with van der Waals surface area (Å²) in [6, 6.07) is -0.414. The molecule has 3 amide bonds. The van der Waals surface area contributed by atoms with E-state index < -0.39 is 21.4 Å². The zero-order valence-electron chi connectivity index (χ0n) is 11.7. The number of amides is 3. The molecule has 0 aromatic carbocycles. The summed E-state index contributed by atoms with van der Waals surface area (Å²) in [5.74, 6) is -0.128. The Balaban J connectivity index is 2.75. The van der Waals surface area contributed by atoms with Gasteiger partial charge in [-0.25, -0.2) is 13.2 Å². The van der Waals surface area contributed by atoms with Crippen LogP contribution in [0.2, 0.25) is 0 Å². The molecular weight excluding hydrogens is 268 g/mol. The topological polar surface area (TPSA) is 83.6 Å². The van der Waals surface area contributed by atoms with Crippen molar-refractivity contribution in [2.75, 3.05) is 18.1 Å². The van der Waals surface area contributed by atoms with Crippen molar-refractivity contribution in [1.82, 2.24) is 10.2 Å². The molecule has 0 aliphatic carbocycles. The lowest BCUT2D eigenvalue weighted by Crippen LogP contribution is -2.49. The second-order valence-electron chi connectivity index (χ2n) is 4.74. The van der Waals surface area contributed by atoms with Crippen LogP contribution in [0.1, 0.15) is 40.0 Å². The molecule has 1 aliphatic rings. The van der Waals surface area contributed by atoms with Crippen LogP contribution < -0.4 is 5.32 Å². The summed E-state index contributed by atoms with van der Waals surface area (Å²) in [5, 5.41) is 2.32. The van der Waals surface area contributed by atoms with E-state index in [1.54, 1.807) is 6.92 Å². The average molecular weight is 290 g/mol. The van der Waals surface area contributed by atoms with Crippen LogP contribution in [0.4, 0.5) is 4.79 Å². The van der Waals surface area contributed by atoms with Gasteiger partial charge in [0, 0.05) is 12.3 Å². The van der Waals surface area contributed by atoms with E-state index in [0.29, 0.717) is 25.8 Å². The van der Waals surface area contributed by atoms with E-state index >= 15 is 0 Å². The van der Waals surface area contributed by atoms with Crippen molar-refractivity contribution in [2.24, 2.45) is 0 Å². The van der Waals surface area contributed by atoms with Gasteiger partial charge in [0.1, 0.15) is 15.4 Å². The first-order valence-corrected chi connectivity index (χ1v) is 8.48. The van der Waals surface area contributed by atoms with Gasteiger partial charge in [-0.3, -0.25) is 10.1 Å². The predicted molar refractivity (Wildman–Crippen MR) is 72.5 cm³/mol. The molecule has 7 heteroatoms. The first kappa shape index (κ1) is 15.9. The van der Waals surface area contributed by atoms with Gasteiger partial charge in [0.05, 0.1) is 5.75 Å². The van der Waals surface area contributed by atoms with Gasteiger partial charge in [0.25, 0.3) is 5.91 Å². The fourth-order valence-corrected chi connectivity index (χ4v) is 3.31. The molecule has 1 heterocycles. The highest BCUT2D eigenvalue weighted by Crippen LogP contribution is 2.29. The number of carbonyl (C=O) groups excluding carboxylic acids is 2. The van der Waals surface area contributed by atoms with Crippen molar-refractivity contribution in [1.29, 1.82) is 0 Å². The van der Waals surface area contributed by atoms with E-state index in [0.717, 1.165) is 0 Å². The van der Waals surface area contributed by atoms with Gasteiger partial charge in [-0.2, -0.15) is 0 Å². The Morgan fingerprint density at radius 3 is 2.21 bits per heavy atom. The Morgan fingerprint density at radius 1 is 1.16 bits per heavy atom. The van der Waals surface area contributed by atoms with E-state index in [-0.39, 0.29) is 17.4 Å². The summed E-state index contributed by atoms with van der Waals surface area (Å²) >= 11 is 0. The van der Waals surface area contributed by atoms with Crippen LogP contribution in [0.25, 0.3) is 0 Å². The highest BCUT2D eigenvalue weighted by atomic mass is 32.2. The van der Waals surface area contributed by atoms with Crippen molar-refractivity contribution < 1.29 is 18.0 Å². The molecule has 0 aromatic heterocycles. The van der Waals surface area contributed by atoms with Crippen LogP contribution in [0.3, 0.4) is 0 Å². The van der Waals surface area contributed by atoms with Crippen LogP contribution in [0, 0.1) is 0 Å². The number of urea groups is 1. The lowest BCUT2D eigenvalue weighted by atomic mass is 9.91. The molecule has 1 rings (SSSR count). The molecule has 1 saturated heterocycles. The Labute approximate surface area is 114 Å². The molecule has 0 radical (unpaired) electrons. The lowest BCUT2D eigenvalue weighted by molar-refractivity contribution is -0.127. The molecule has 1 aliphatic heterocycles. The molecule has 19 heavy (non-hydrogen) atoms. The van der Waals surface area contributed by atoms with E-state index in [1.807, 2.05) is 13.8 Å². The molecule has 0 aromatic rings. The van der Waals surface area contributed by atoms with Crippen molar-refractivity contribution in [2.45, 2.75) is 45.6 Å². The maximum absolute atomic E-state index is 11.9. The van der Waals surface area contributed by atoms with Crippen molar-refractivity contribution in [3.8, 4) is 0 Å². The minimum atomic E-state index is -3.04. The van der Waals surface area contributed by atoms with Gasteiger partial charge < -0.3 is 4.90 Å². The Bertz CT molecular complexity index is 454. The van der Waals surface area contributed by atoms with Crippen LogP contribution in [-0.2, 0) is 14.6 Å². The third kappa shape index (κ3) is 3.08. The fraction of sp³-hybridized carbons (Fsp3) is 0.833. The van der Waals surface area contributed by atoms with E-state index in [9.17, 15) is 18.0 Å². The van der Waals surface area contributed by atoms with Crippen LogP contribution in [-0.4, -0.2) is 48.8 Å². The molecule has 110 valence electrons. The highest BCUT2D eigenvalue weighted by molar-refractivity contribution is 7.91. The second kappa shape index (κ2) is 5.90. The van der Waals surface area contributed by atoms with E-state index in [2.05, 4.69) is 5.32 Å². The SMILES string of the molecule is CCC1(CC)C(=O)NC(=O)N1CCCS(=O)(=O)CC. The number of imide groups is 1. The maximum atomic E-state index is 11.9. The monoisotopic (exact) mass is 290 g/mol. The summed E-state index contributed by atoms with van der Waals surface area (Å²) < 4.78 is 22.9. The Kier molecular flexibility index (Phi) is 4.95. The normalized spacial score (nSPS) is 18.8. The highest BCUT2D eigenvalue weighted by Gasteiger charge is 2.49. The molecule has 0 spiro atoms. The molecule has 0 unspecified atom stereocenters. The Morgan fingerprint density at radius 2 is 1.74 bits per heavy atom. The number of sulfone groups is 1. The van der Waals surface area contributed by atoms with Gasteiger partial charge in [-0.05, 0) is 19.3 Å². The molecule has 6 nitrogen and oxygen atoms in total. The van der Waals surface area contributed by atoms with Gasteiger partial charge in [0.2, 0.25) is 0 Å². The van der Waals surface area contributed by atoms with Crippen LogP contribution in [0.5, 0.6) is 0 Å². The van der Waals surface area contributed by atoms with Crippen LogP contribution in [0.15, 0.2) is 0 Å². The third-order valence-corrected chi connectivity index (χ3v) is 5.64. The quantitative estimate of drug-likeness (QED) is 0.707. The summed E-state index contributed by atoms with van der Waals surface area (Å²) in [6.07, 6.45) is 1.42. The fourth-order valence-electron chi connectivity index (χ4n) is 2.45. The van der Waals surface area contributed by atoms with Gasteiger partial charge >= 0.3 is 6.03 Å². The number of hydrogen-bond acceptors (Lipinski definition) is 4. The number of nitrogens with one attached hydrogen (secondary N) is 1. The molecule has 1 fully saturated rings. The molecule has 0 saturated carbocycles. The van der Waals surface area contributed by atoms with Crippen molar-refractivity contribution >= 4 is 21.8 Å². The predicted octanol–water partition coefficient (Wildman–Crippen LogP) is 0.922. The van der Waals surface area contributed by atoms with Crippen molar-refractivity contribution in [3.05, 3.63) is 0 Å². The third-order valence-electron chi connectivity index (χ3n) is 3.85. The number of rotatable bonds is 7. The number of nitrogens with zero attached hydrogens (tertiary/aromatic N) is 1. The summed E-state index contributed by atoms with van der Waals surface area (Å²) in [6.45, 7) is 5.61. The molecule has 0 bridgehead atoms. The molecule has 1 N–H and O–H groups in total. The lowest BCUT2D eigenvalue weighted by Gasteiger charge is -2.33. The maximum Gasteiger partial charge on any atom is 0.325 e. The minimum absolute atomic E-state index is 0.0466. The van der Waals surface area contributed by atoms with E-state index in [4.69, 9.17) is 0 Å². The first-order chi connectivity index (χ1) is 8.83. The van der Waals surface area contributed by atoms with Crippen LogP contribution >= 0.6 is 0 Å². The number of hydrogen-bond donors (Lipinski definition) is 1. The average Bonchev–Trinajstić information content (AvgIpc) is 2.61. The number of carbonyl (C=O) groups is 2. The Hall–Kier alpha value is -1.11. The second-order valence-corrected chi connectivity index (χ2v) is 7.21. The van der Waals surface area contributed by atoms with Crippen molar-refractivity contribution in [3.63, 3.8) is 0 Å². The summed E-state index contributed by atoms with van der Waals surface area (Å²) in [4.78, 5) is 25.2. The van der Waals surface area contributed by atoms with Gasteiger partial charge in [0.15, 0.2) is 0 Å². The summed E-state index contributed by atoms with van der Waals surface area (Å²) in [5.41, 5.74) is -0.812.